The van der Waals surface area contributed by atoms with Crippen molar-refractivity contribution in [3.63, 3.8) is 0 Å². The van der Waals surface area contributed by atoms with Crippen molar-refractivity contribution in [2.24, 2.45) is 11.7 Å². The lowest BCUT2D eigenvalue weighted by atomic mass is 9.65. The summed E-state index contributed by atoms with van der Waals surface area (Å²) >= 11 is 0. The van der Waals surface area contributed by atoms with E-state index in [0.717, 1.165) is 32.5 Å². The van der Waals surface area contributed by atoms with Crippen LogP contribution in [-0.2, 0) is 4.74 Å². The van der Waals surface area contributed by atoms with Crippen LogP contribution in [-0.4, -0.2) is 31.3 Å². The molecular weight excluding hydrogens is 236 g/mol. The second kappa shape index (κ2) is 5.23. The third-order valence-corrected chi connectivity index (χ3v) is 5.03. The van der Waals surface area contributed by atoms with E-state index >= 15 is 0 Å². The Morgan fingerprint density at radius 1 is 1.37 bits per heavy atom. The van der Waals surface area contributed by atoms with Crippen LogP contribution in [0.2, 0.25) is 0 Å². The average Bonchev–Trinajstić information content (AvgIpc) is 2.42. The highest BCUT2D eigenvalue weighted by Crippen LogP contribution is 2.49. The first-order valence-corrected chi connectivity index (χ1v) is 7.43. The summed E-state index contributed by atoms with van der Waals surface area (Å²) in [6.07, 6.45) is 2.09. The Balaban J connectivity index is 1.87. The van der Waals surface area contributed by atoms with E-state index in [2.05, 4.69) is 42.6 Å². The van der Waals surface area contributed by atoms with E-state index < -0.39 is 0 Å². The minimum Gasteiger partial charge on any atom is -0.373 e. The Morgan fingerprint density at radius 3 is 2.74 bits per heavy atom. The van der Waals surface area contributed by atoms with Crippen LogP contribution in [0.1, 0.15) is 31.2 Å². The van der Waals surface area contributed by atoms with E-state index in [4.69, 9.17) is 10.5 Å². The van der Waals surface area contributed by atoms with Crippen molar-refractivity contribution in [3.05, 3.63) is 35.9 Å². The van der Waals surface area contributed by atoms with Gasteiger partial charge in [-0.1, -0.05) is 37.3 Å². The smallest absolute Gasteiger partial charge is 0.0825 e. The average molecular weight is 260 g/mol. The van der Waals surface area contributed by atoms with Gasteiger partial charge in [0.05, 0.1) is 12.2 Å². The van der Waals surface area contributed by atoms with Gasteiger partial charge in [0.15, 0.2) is 0 Å². The van der Waals surface area contributed by atoms with Crippen molar-refractivity contribution in [1.29, 1.82) is 0 Å². The first kappa shape index (κ1) is 13.1. The summed E-state index contributed by atoms with van der Waals surface area (Å²) in [7, 11) is 0. The summed E-state index contributed by atoms with van der Waals surface area (Å²) in [5.74, 6) is 0.917. The van der Waals surface area contributed by atoms with Crippen LogP contribution < -0.4 is 11.1 Å². The quantitative estimate of drug-likeness (QED) is 0.872. The summed E-state index contributed by atoms with van der Waals surface area (Å²) in [6, 6.07) is 11.0. The topological polar surface area (TPSA) is 47.3 Å². The SMILES string of the molecule is CCC1(C2CNCCC2N)OCC1c1ccccc1. The Labute approximate surface area is 115 Å². The number of hydrogen-bond acceptors (Lipinski definition) is 3. The third-order valence-electron chi connectivity index (χ3n) is 5.03. The number of benzene rings is 1. The van der Waals surface area contributed by atoms with E-state index in [1.807, 2.05) is 0 Å². The van der Waals surface area contributed by atoms with Crippen LogP contribution in [0.15, 0.2) is 30.3 Å². The lowest BCUT2D eigenvalue weighted by molar-refractivity contribution is -0.210. The zero-order chi connectivity index (χ0) is 13.3. The normalized spacial score (nSPS) is 38.7. The molecule has 1 aromatic carbocycles. The molecular formula is C16H24N2O. The Hall–Kier alpha value is -0.900. The maximum atomic E-state index is 6.37. The zero-order valence-corrected chi connectivity index (χ0v) is 11.6. The van der Waals surface area contributed by atoms with Crippen LogP contribution in [0.5, 0.6) is 0 Å². The second-order valence-electron chi connectivity index (χ2n) is 5.85. The maximum Gasteiger partial charge on any atom is 0.0825 e. The fourth-order valence-electron chi connectivity index (χ4n) is 3.83. The largest absolute Gasteiger partial charge is 0.373 e. The molecule has 4 atom stereocenters. The van der Waals surface area contributed by atoms with Crippen LogP contribution in [0.3, 0.4) is 0 Å². The van der Waals surface area contributed by atoms with E-state index in [-0.39, 0.29) is 11.6 Å². The van der Waals surface area contributed by atoms with Gasteiger partial charge < -0.3 is 15.8 Å². The van der Waals surface area contributed by atoms with Gasteiger partial charge in [0.25, 0.3) is 0 Å². The maximum absolute atomic E-state index is 6.37. The van der Waals surface area contributed by atoms with Crippen molar-refractivity contribution in [2.75, 3.05) is 19.7 Å². The summed E-state index contributed by atoms with van der Waals surface area (Å²) < 4.78 is 6.12. The molecule has 0 spiro atoms. The fraction of sp³-hybridized carbons (Fsp3) is 0.625. The molecule has 2 aliphatic rings. The molecule has 0 amide bonds. The highest BCUT2D eigenvalue weighted by molar-refractivity contribution is 5.27. The van der Waals surface area contributed by atoms with Crippen LogP contribution in [0.4, 0.5) is 0 Å². The molecule has 0 radical (unpaired) electrons. The lowest BCUT2D eigenvalue weighted by Crippen LogP contribution is -2.64. The van der Waals surface area contributed by atoms with Gasteiger partial charge >= 0.3 is 0 Å². The highest BCUT2D eigenvalue weighted by Gasteiger charge is 2.54. The van der Waals surface area contributed by atoms with Gasteiger partial charge in [0, 0.05) is 24.4 Å². The Morgan fingerprint density at radius 2 is 2.16 bits per heavy atom. The minimum absolute atomic E-state index is 0.0613. The number of piperidine rings is 1. The molecule has 3 heteroatoms. The highest BCUT2D eigenvalue weighted by atomic mass is 16.5. The molecule has 0 saturated carbocycles. The molecule has 2 saturated heterocycles. The lowest BCUT2D eigenvalue weighted by Gasteiger charge is -2.56. The van der Waals surface area contributed by atoms with Crippen LogP contribution in [0.25, 0.3) is 0 Å². The van der Waals surface area contributed by atoms with Crippen LogP contribution in [0, 0.1) is 5.92 Å². The molecule has 19 heavy (non-hydrogen) atoms. The summed E-state index contributed by atoms with van der Waals surface area (Å²) in [5, 5.41) is 3.49. The second-order valence-corrected chi connectivity index (χ2v) is 5.85. The van der Waals surface area contributed by atoms with Gasteiger partial charge in [-0.05, 0) is 24.9 Å². The summed E-state index contributed by atoms with van der Waals surface area (Å²) in [6.45, 7) is 5.09. The van der Waals surface area contributed by atoms with Gasteiger partial charge in [-0.15, -0.1) is 0 Å². The summed E-state index contributed by atoms with van der Waals surface area (Å²) in [4.78, 5) is 0. The molecule has 2 heterocycles. The number of hydrogen-bond donors (Lipinski definition) is 2. The van der Waals surface area contributed by atoms with Crippen molar-refractivity contribution in [3.8, 4) is 0 Å². The molecule has 0 aromatic heterocycles. The third kappa shape index (κ3) is 2.10. The van der Waals surface area contributed by atoms with Gasteiger partial charge in [0.2, 0.25) is 0 Å². The van der Waals surface area contributed by atoms with Crippen molar-refractivity contribution >= 4 is 0 Å². The minimum atomic E-state index is -0.0613. The van der Waals surface area contributed by atoms with Gasteiger partial charge in [0.1, 0.15) is 0 Å². The molecule has 0 aliphatic carbocycles. The standard InChI is InChI=1S/C16H24N2O/c1-2-16(13-10-18-9-8-15(13)17)14(11-19-16)12-6-4-3-5-7-12/h3-7,13-15,18H,2,8-11,17H2,1H3. The number of nitrogens with two attached hydrogens (primary N) is 1. The molecule has 3 N–H and O–H groups in total. The monoisotopic (exact) mass is 260 g/mol. The molecule has 2 aliphatic heterocycles. The number of rotatable bonds is 3. The molecule has 4 unspecified atom stereocenters. The molecule has 1 aromatic rings. The zero-order valence-electron chi connectivity index (χ0n) is 11.6. The number of ether oxygens (including phenoxy) is 1. The molecule has 2 fully saturated rings. The Kier molecular flexibility index (Phi) is 3.61. The Bertz CT molecular complexity index is 418. The predicted molar refractivity (Wildman–Crippen MR) is 77.1 cm³/mol. The molecule has 104 valence electrons. The first-order chi connectivity index (χ1) is 9.28. The van der Waals surface area contributed by atoms with E-state index in [1.54, 1.807) is 0 Å². The van der Waals surface area contributed by atoms with Gasteiger partial charge in [-0.25, -0.2) is 0 Å². The molecule has 0 bridgehead atoms. The van der Waals surface area contributed by atoms with Crippen molar-refractivity contribution in [2.45, 2.75) is 37.3 Å². The van der Waals surface area contributed by atoms with Gasteiger partial charge in [-0.3, -0.25) is 0 Å². The van der Waals surface area contributed by atoms with Gasteiger partial charge in [-0.2, -0.15) is 0 Å². The predicted octanol–water partition coefficient (Wildman–Crippen LogP) is 1.89. The van der Waals surface area contributed by atoms with E-state index in [1.165, 1.54) is 5.56 Å². The first-order valence-electron chi connectivity index (χ1n) is 7.43. The van der Waals surface area contributed by atoms with E-state index in [9.17, 15) is 0 Å². The van der Waals surface area contributed by atoms with Crippen LogP contribution >= 0.6 is 0 Å². The summed E-state index contributed by atoms with van der Waals surface area (Å²) in [5.41, 5.74) is 7.71. The fourth-order valence-corrected chi connectivity index (χ4v) is 3.83. The van der Waals surface area contributed by atoms with Crippen molar-refractivity contribution in [1.82, 2.24) is 5.32 Å². The van der Waals surface area contributed by atoms with E-state index in [0.29, 0.717) is 11.8 Å². The molecule has 3 rings (SSSR count). The van der Waals surface area contributed by atoms with Crippen molar-refractivity contribution < 1.29 is 4.74 Å². The number of nitrogens with one attached hydrogen (secondary N) is 1. The molecule has 3 nitrogen and oxygen atoms in total.